The van der Waals surface area contributed by atoms with Crippen molar-refractivity contribution in [2.75, 3.05) is 57.9 Å². The van der Waals surface area contributed by atoms with Crippen molar-refractivity contribution in [1.29, 1.82) is 0 Å². The molecule has 0 bridgehead atoms. The van der Waals surface area contributed by atoms with E-state index in [2.05, 4.69) is 10.2 Å². The molecule has 4 nitrogen and oxygen atoms in total. The fourth-order valence-corrected chi connectivity index (χ4v) is 2.06. The average molecular weight is 315 g/mol. The standard InChI is InChI=1S/C16H27ClN2O2/c1-3-20-13-11-19(12-14-21-4-2)10-9-18-16-7-5-15(17)6-8-16/h5-8,18H,3-4,9-14H2,1-2H3. The van der Waals surface area contributed by atoms with E-state index in [-0.39, 0.29) is 0 Å². The summed E-state index contributed by atoms with van der Waals surface area (Å²) in [6.45, 7) is 10.8. The second-order valence-electron chi connectivity index (χ2n) is 4.67. The molecule has 0 saturated carbocycles. The molecule has 5 heteroatoms. The minimum Gasteiger partial charge on any atom is -0.384 e. The predicted molar refractivity (Wildman–Crippen MR) is 89.4 cm³/mol. The van der Waals surface area contributed by atoms with Crippen LogP contribution in [-0.4, -0.2) is 57.5 Å². The van der Waals surface area contributed by atoms with E-state index in [1.165, 1.54) is 0 Å². The molecule has 0 heterocycles. The summed E-state index contributed by atoms with van der Waals surface area (Å²) in [5.74, 6) is 0. The molecule has 0 saturated heterocycles. The minimum absolute atomic E-state index is 0.760. The van der Waals surface area contributed by atoms with E-state index >= 15 is 0 Å². The zero-order chi connectivity index (χ0) is 15.3. The van der Waals surface area contributed by atoms with Gasteiger partial charge in [0, 0.05) is 50.1 Å². The lowest BCUT2D eigenvalue weighted by molar-refractivity contribution is 0.0846. The van der Waals surface area contributed by atoms with Gasteiger partial charge >= 0.3 is 0 Å². The highest BCUT2D eigenvalue weighted by Gasteiger charge is 2.04. The lowest BCUT2D eigenvalue weighted by atomic mass is 10.3. The molecule has 0 radical (unpaired) electrons. The van der Waals surface area contributed by atoms with Crippen LogP contribution in [-0.2, 0) is 9.47 Å². The zero-order valence-electron chi connectivity index (χ0n) is 13.1. The maximum absolute atomic E-state index is 5.87. The smallest absolute Gasteiger partial charge is 0.0593 e. The third kappa shape index (κ3) is 8.94. The van der Waals surface area contributed by atoms with E-state index in [0.717, 1.165) is 63.3 Å². The molecule has 0 spiro atoms. The van der Waals surface area contributed by atoms with Gasteiger partial charge < -0.3 is 14.8 Å². The van der Waals surface area contributed by atoms with Gasteiger partial charge in [0.15, 0.2) is 0 Å². The summed E-state index contributed by atoms with van der Waals surface area (Å²) in [4.78, 5) is 2.36. The van der Waals surface area contributed by atoms with Crippen molar-refractivity contribution in [2.45, 2.75) is 13.8 Å². The van der Waals surface area contributed by atoms with Crippen molar-refractivity contribution < 1.29 is 9.47 Å². The molecule has 0 atom stereocenters. The first-order chi connectivity index (χ1) is 10.3. The van der Waals surface area contributed by atoms with Gasteiger partial charge in [0.05, 0.1) is 13.2 Å². The lowest BCUT2D eigenvalue weighted by Gasteiger charge is -2.22. The Morgan fingerprint density at radius 3 is 2.05 bits per heavy atom. The normalized spacial score (nSPS) is 11.0. The van der Waals surface area contributed by atoms with Crippen LogP contribution in [0.5, 0.6) is 0 Å². The van der Waals surface area contributed by atoms with Crippen LogP contribution in [0.2, 0.25) is 5.02 Å². The van der Waals surface area contributed by atoms with E-state index in [0.29, 0.717) is 0 Å². The van der Waals surface area contributed by atoms with Gasteiger partial charge in [-0.1, -0.05) is 11.6 Å². The summed E-state index contributed by atoms with van der Waals surface area (Å²) in [6, 6.07) is 7.78. The Labute approximate surface area is 133 Å². The number of ether oxygens (including phenoxy) is 2. The molecule has 120 valence electrons. The van der Waals surface area contributed by atoms with Crippen molar-refractivity contribution >= 4 is 17.3 Å². The maximum atomic E-state index is 5.87. The molecule has 1 N–H and O–H groups in total. The van der Waals surface area contributed by atoms with Gasteiger partial charge in [-0.05, 0) is 38.1 Å². The van der Waals surface area contributed by atoms with Gasteiger partial charge in [0.2, 0.25) is 0 Å². The molecule has 0 amide bonds. The monoisotopic (exact) mass is 314 g/mol. The average Bonchev–Trinajstić information content (AvgIpc) is 2.49. The summed E-state index contributed by atoms with van der Waals surface area (Å²) in [5, 5.41) is 4.16. The fraction of sp³-hybridized carbons (Fsp3) is 0.625. The number of nitrogens with zero attached hydrogens (tertiary/aromatic N) is 1. The largest absolute Gasteiger partial charge is 0.384 e. The van der Waals surface area contributed by atoms with Gasteiger partial charge in [-0.3, -0.25) is 4.90 Å². The van der Waals surface area contributed by atoms with E-state index < -0.39 is 0 Å². The van der Waals surface area contributed by atoms with Crippen LogP contribution in [0.4, 0.5) is 5.69 Å². The minimum atomic E-state index is 0.760. The van der Waals surface area contributed by atoms with Crippen molar-refractivity contribution in [3.05, 3.63) is 29.3 Å². The Balaban J connectivity index is 2.27. The molecule has 1 rings (SSSR count). The summed E-state index contributed by atoms with van der Waals surface area (Å²) < 4.78 is 10.9. The van der Waals surface area contributed by atoms with Crippen LogP contribution in [0.25, 0.3) is 0 Å². The summed E-state index contributed by atoms with van der Waals surface area (Å²) in [7, 11) is 0. The highest BCUT2D eigenvalue weighted by atomic mass is 35.5. The predicted octanol–water partition coefficient (Wildman–Crippen LogP) is 3.13. The number of rotatable bonds is 12. The highest BCUT2D eigenvalue weighted by Crippen LogP contribution is 2.12. The van der Waals surface area contributed by atoms with Crippen LogP contribution < -0.4 is 5.32 Å². The number of hydrogen-bond donors (Lipinski definition) is 1. The van der Waals surface area contributed by atoms with Crippen LogP contribution in [0.3, 0.4) is 0 Å². The first-order valence-corrected chi connectivity index (χ1v) is 8.01. The maximum Gasteiger partial charge on any atom is 0.0593 e. The third-order valence-electron chi connectivity index (χ3n) is 3.11. The zero-order valence-corrected chi connectivity index (χ0v) is 13.9. The molecule has 0 aromatic heterocycles. The number of benzene rings is 1. The first-order valence-electron chi connectivity index (χ1n) is 7.63. The van der Waals surface area contributed by atoms with Crippen molar-refractivity contribution in [3.8, 4) is 0 Å². The Kier molecular flexibility index (Phi) is 10.3. The number of anilines is 1. The molecular formula is C16H27ClN2O2. The Hall–Kier alpha value is -0.810. The Morgan fingerprint density at radius 2 is 1.52 bits per heavy atom. The molecule has 1 aromatic rings. The van der Waals surface area contributed by atoms with E-state index in [9.17, 15) is 0 Å². The fourth-order valence-electron chi connectivity index (χ4n) is 1.94. The molecular weight excluding hydrogens is 288 g/mol. The van der Waals surface area contributed by atoms with E-state index in [1.807, 2.05) is 38.1 Å². The van der Waals surface area contributed by atoms with Gasteiger partial charge in [-0.2, -0.15) is 0 Å². The molecule has 0 fully saturated rings. The summed E-state index contributed by atoms with van der Waals surface area (Å²) in [5.41, 5.74) is 1.09. The first kappa shape index (κ1) is 18.2. The van der Waals surface area contributed by atoms with E-state index in [4.69, 9.17) is 21.1 Å². The van der Waals surface area contributed by atoms with Crippen LogP contribution >= 0.6 is 11.6 Å². The van der Waals surface area contributed by atoms with Crippen molar-refractivity contribution in [2.24, 2.45) is 0 Å². The molecule has 0 aliphatic rings. The van der Waals surface area contributed by atoms with Crippen LogP contribution in [0.1, 0.15) is 13.8 Å². The number of nitrogens with one attached hydrogen (secondary N) is 1. The lowest BCUT2D eigenvalue weighted by Crippen LogP contribution is -2.35. The molecule has 21 heavy (non-hydrogen) atoms. The van der Waals surface area contributed by atoms with Gasteiger partial charge in [0.25, 0.3) is 0 Å². The van der Waals surface area contributed by atoms with Crippen LogP contribution in [0, 0.1) is 0 Å². The van der Waals surface area contributed by atoms with Crippen molar-refractivity contribution in [1.82, 2.24) is 4.90 Å². The summed E-state index contributed by atoms with van der Waals surface area (Å²) >= 11 is 5.87. The number of halogens is 1. The van der Waals surface area contributed by atoms with Crippen LogP contribution in [0.15, 0.2) is 24.3 Å². The topological polar surface area (TPSA) is 33.7 Å². The second kappa shape index (κ2) is 11.8. The molecule has 0 aliphatic carbocycles. The van der Waals surface area contributed by atoms with Crippen molar-refractivity contribution in [3.63, 3.8) is 0 Å². The Morgan fingerprint density at radius 1 is 0.952 bits per heavy atom. The molecule has 1 aromatic carbocycles. The van der Waals surface area contributed by atoms with E-state index in [1.54, 1.807) is 0 Å². The van der Waals surface area contributed by atoms with Gasteiger partial charge in [-0.25, -0.2) is 0 Å². The summed E-state index contributed by atoms with van der Waals surface area (Å²) in [6.07, 6.45) is 0. The Bertz CT molecular complexity index is 350. The second-order valence-corrected chi connectivity index (χ2v) is 5.11. The molecule has 0 unspecified atom stereocenters. The van der Waals surface area contributed by atoms with Gasteiger partial charge in [0.1, 0.15) is 0 Å². The SMILES string of the molecule is CCOCCN(CCNc1ccc(Cl)cc1)CCOCC. The third-order valence-corrected chi connectivity index (χ3v) is 3.37. The number of hydrogen-bond acceptors (Lipinski definition) is 4. The quantitative estimate of drug-likeness (QED) is 0.601. The molecule has 0 aliphatic heterocycles. The van der Waals surface area contributed by atoms with Gasteiger partial charge in [-0.15, -0.1) is 0 Å². The highest BCUT2D eigenvalue weighted by molar-refractivity contribution is 6.30.